The minimum Gasteiger partial charge on any atom is -0.490 e. The summed E-state index contributed by atoms with van der Waals surface area (Å²) in [6.45, 7) is 9.23. The van der Waals surface area contributed by atoms with Crippen molar-refractivity contribution >= 4 is 29.4 Å². The van der Waals surface area contributed by atoms with Crippen molar-refractivity contribution in [1.82, 2.24) is 10.6 Å². The van der Waals surface area contributed by atoms with Gasteiger partial charge in [-0.15, -0.1) is 0 Å². The molecule has 1 aliphatic rings. The van der Waals surface area contributed by atoms with E-state index in [1.54, 1.807) is 37.3 Å². The summed E-state index contributed by atoms with van der Waals surface area (Å²) in [6.07, 6.45) is 16.2. The fraction of sp³-hybridized carbons (Fsp3) is 0.483. The van der Waals surface area contributed by atoms with Crippen LogP contribution in [-0.4, -0.2) is 48.2 Å². The Labute approximate surface area is 231 Å². The fourth-order valence-electron chi connectivity index (χ4n) is 3.34. The molecule has 0 aromatic carbocycles. The summed E-state index contributed by atoms with van der Waals surface area (Å²) >= 11 is 5.76. The summed E-state index contributed by atoms with van der Waals surface area (Å²) in [6, 6.07) is -0.771. The molecule has 0 aromatic heterocycles. The molecule has 1 aliphatic heterocycles. The maximum atomic E-state index is 12.7. The summed E-state index contributed by atoms with van der Waals surface area (Å²) < 4.78 is 10.3. The molecule has 0 radical (unpaired) electrons. The van der Waals surface area contributed by atoms with Crippen LogP contribution in [0.4, 0.5) is 0 Å². The number of ether oxygens (including phenoxy) is 2. The van der Waals surface area contributed by atoms with Gasteiger partial charge < -0.3 is 25.2 Å². The average molecular weight is 549 g/mol. The van der Waals surface area contributed by atoms with E-state index in [9.17, 15) is 19.5 Å². The second-order valence-corrected chi connectivity index (χ2v) is 10.7. The van der Waals surface area contributed by atoms with Crippen LogP contribution in [0.15, 0.2) is 71.2 Å². The Kier molecular flexibility index (Phi) is 14.5. The lowest BCUT2D eigenvalue weighted by atomic mass is 9.86. The minimum atomic E-state index is -0.771. The van der Waals surface area contributed by atoms with Gasteiger partial charge in [-0.3, -0.25) is 9.59 Å². The predicted octanol–water partition coefficient (Wildman–Crippen LogP) is 4.73. The van der Waals surface area contributed by atoms with Gasteiger partial charge in [-0.1, -0.05) is 74.4 Å². The van der Waals surface area contributed by atoms with Crippen LogP contribution in [0.2, 0.25) is 0 Å². The van der Waals surface area contributed by atoms with Crippen molar-refractivity contribution in [2.24, 2.45) is 5.41 Å². The molecule has 0 aromatic rings. The van der Waals surface area contributed by atoms with E-state index < -0.39 is 29.4 Å². The number of carbonyl (C=O) groups excluding carboxylic acids is 3. The van der Waals surface area contributed by atoms with Crippen molar-refractivity contribution in [2.75, 3.05) is 7.11 Å². The molecule has 1 heterocycles. The van der Waals surface area contributed by atoms with Crippen molar-refractivity contribution in [2.45, 2.75) is 78.6 Å². The van der Waals surface area contributed by atoms with E-state index in [0.29, 0.717) is 30.7 Å². The second-order valence-electron chi connectivity index (χ2n) is 10.1. The van der Waals surface area contributed by atoms with Gasteiger partial charge in [0.2, 0.25) is 11.8 Å². The van der Waals surface area contributed by atoms with Gasteiger partial charge in [0.15, 0.2) is 5.76 Å². The molecule has 3 atom stereocenters. The molecule has 2 amide bonds. The highest BCUT2D eigenvalue weighted by atomic mass is 35.5. The lowest BCUT2D eigenvalue weighted by Crippen LogP contribution is -2.52. The van der Waals surface area contributed by atoms with E-state index >= 15 is 0 Å². The molecule has 210 valence electrons. The number of amides is 2. The third-order valence-electron chi connectivity index (χ3n) is 5.52. The van der Waals surface area contributed by atoms with Crippen molar-refractivity contribution in [3.63, 3.8) is 0 Å². The van der Waals surface area contributed by atoms with Gasteiger partial charge in [-0.25, -0.2) is 4.79 Å². The molecule has 38 heavy (non-hydrogen) atoms. The van der Waals surface area contributed by atoms with Crippen LogP contribution in [-0.2, 0) is 23.9 Å². The molecule has 1 rings (SSSR count). The van der Waals surface area contributed by atoms with Gasteiger partial charge in [0, 0.05) is 23.9 Å². The first-order valence-corrected chi connectivity index (χ1v) is 12.9. The van der Waals surface area contributed by atoms with Gasteiger partial charge in [0.25, 0.3) is 0 Å². The topological polar surface area (TPSA) is 114 Å². The van der Waals surface area contributed by atoms with E-state index in [1.165, 1.54) is 19.4 Å². The van der Waals surface area contributed by atoms with Crippen LogP contribution in [0, 0.1) is 5.41 Å². The predicted molar refractivity (Wildman–Crippen MR) is 150 cm³/mol. The van der Waals surface area contributed by atoms with Crippen LogP contribution in [0.3, 0.4) is 0 Å². The Morgan fingerprint density at radius 3 is 2.50 bits per heavy atom. The summed E-state index contributed by atoms with van der Waals surface area (Å²) in [7, 11) is 1.44. The summed E-state index contributed by atoms with van der Waals surface area (Å²) in [5.74, 6) is -0.979. The van der Waals surface area contributed by atoms with Crippen LogP contribution >= 0.6 is 11.6 Å². The minimum absolute atomic E-state index is 0.231. The first-order valence-electron chi connectivity index (χ1n) is 12.6. The molecule has 3 N–H and O–H groups in total. The standard InChI is InChI=1S/C29H41ClN2O6/c1-20(13-16-23-17-18-24(37-6)28(36)38-23)10-7-8-12-25(34)32-26(29(3,4)5)27(35)31-19-9-11-22(33)15-14-21(2)30/h7-10,12-14,18-19,22-23,26,33H,11,15-17H2,1-6H3,(H,31,35)(H,32,34)/b10-7-,12-8-,19-9-,20-13+,21-14+. The smallest absolute Gasteiger partial charge is 0.373 e. The lowest BCUT2D eigenvalue weighted by Gasteiger charge is -2.29. The number of hydrogen-bond acceptors (Lipinski definition) is 6. The number of rotatable bonds is 13. The number of nitrogens with one attached hydrogen (secondary N) is 2. The van der Waals surface area contributed by atoms with E-state index in [2.05, 4.69) is 10.6 Å². The zero-order valence-electron chi connectivity index (χ0n) is 23.1. The van der Waals surface area contributed by atoms with Crippen molar-refractivity contribution in [3.8, 4) is 0 Å². The van der Waals surface area contributed by atoms with Gasteiger partial charge in [-0.05, 0) is 44.4 Å². The number of cyclic esters (lactones) is 1. The van der Waals surface area contributed by atoms with Gasteiger partial charge >= 0.3 is 5.97 Å². The van der Waals surface area contributed by atoms with E-state index in [-0.39, 0.29) is 17.8 Å². The summed E-state index contributed by atoms with van der Waals surface area (Å²) in [5.41, 5.74) is 0.422. The molecular weight excluding hydrogens is 508 g/mol. The number of hydrogen-bond donors (Lipinski definition) is 3. The maximum absolute atomic E-state index is 12.7. The van der Waals surface area contributed by atoms with E-state index in [0.717, 1.165) is 5.57 Å². The van der Waals surface area contributed by atoms with Crippen LogP contribution < -0.4 is 10.6 Å². The summed E-state index contributed by atoms with van der Waals surface area (Å²) in [4.78, 5) is 36.9. The number of allylic oxidation sites excluding steroid dienone is 5. The molecule has 9 heteroatoms. The highest BCUT2D eigenvalue weighted by Gasteiger charge is 2.31. The average Bonchev–Trinajstić information content (AvgIpc) is 2.84. The van der Waals surface area contributed by atoms with Crippen molar-refractivity contribution in [3.05, 3.63) is 71.2 Å². The molecule has 0 saturated carbocycles. The lowest BCUT2D eigenvalue weighted by molar-refractivity contribution is -0.149. The van der Waals surface area contributed by atoms with Crippen LogP contribution in [0.25, 0.3) is 0 Å². The number of esters is 1. The molecule has 3 unspecified atom stereocenters. The highest BCUT2D eigenvalue weighted by Crippen LogP contribution is 2.20. The zero-order valence-corrected chi connectivity index (χ0v) is 23.9. The largest absolute Gasteiger partial charge is 0.490 e. The third-order valence-corrected chi connectivity index (χ3v) is 5.67. The normalized spacial score (nSPS) is 18.9. The monoisotopic (exact) mass is 548 g/mol. The maximum Gasteiger partial charge on any atom is 0.373 e. The molecule has 0 bridgehead atoms. The third kappa shape index (κ3) is 13.4. The Balaban J connectivity index is 2.57. The van der Waals surface area contributed by atoms with Gasteiger partial charge in [0.1, 0.15) is 12.1 Å². The highest BCUT2D eigenvalue weighted by molar-refractivity contribution is 6.29. The number of methoxy groups -OCH3 is 1. The first-order chi connectivity index (χ1) is 17.8. The fourth-order valence-corrected chi connectivity index (χ4v) is 3.43. The van der Waals surface area contributed by atoms with Crippen molar-refractivity contribution in [1.29, 1.82) is 0 Å². The number of halogens is 1. The molecule has 0 saturated heterocycles. The van der Waals surface area contributed by atoms with Crippen LogP contribution in [0.5, 0.6) is 0 Å². The molecular formula is C29H41ClN2O6. The Hall–Kier alpha value is -3.10. The number of aliphatic hydroxyl groups excluding tert-OH is 1. The van der Waals surface area contributed by atoms with E-state index in [1.807, 2.05) is 39.8 Å². The van der Waals surface area contributed by atoms with E-state index in [4.69, 9.17) is 21.1 Å². The number of aliphatic hydroxyl groups is 1. The second kappa shape index (κ2) is 16.7. The number of carbonyl (C=O) groups is 3. The first kappa shape index (κ1) is 32.9. The molecule has 8 nitrogen and oxygen atoms in total. The zero-order chi connectivity index (χ0) is 28.7. The Morgan fingerprint density at radius 2 is 1.89 bits per heavy atom. The Bertz CT molecular complexity index is 997. The molecule has 0 aliphatic carbocycles. The van der Waals surface area contributed by atoms with Crippen LogP contribution in [0.1, 0.15) is 60.3 Å². The molecule has 0 fully saturated rings. The van der Waals surface area contributed by atoms with Gasteiger partial charge in [0.05, 0.1) is 13.2 Å². The summed E-state index contributed by atoms with van der Waals surface area (Å²) in [5, 5.41) is 15.9. The Morgan fingerprint density at radius 1 is 1.21 bits per heavy atom. The quantitative estimate of drug-likeness (QED) is 0.174. The van der Waals surface area contributed by atoms with Gasteiger partial charge in [-0.2, -0.15) is 0 Å². The van der Waals surface area contributed by atoms with Crippen molar-refractivity contribution < 1.29 is 29.0 Å². The SMILES string of the molecule is COC1=CCC(C/C=C(C)/C=C\C=C/C(=O)NC(C(=O)N/C=C\CC(O)C/C=C(\C)Cl)C(C)(C)C)OC1=O. The molecule has 0 spiro atoms.